The first-order valence-corrected chi connectivity index (χ1v) is 8.56. The van der Waals surface area contributed by atoms with Gasteiger partial charge in [0.15, 0.2) is 0 Å². The van der Waals surface area contributed by atoms with Crippen molar-refractivity contribution in [3.05, 3.63) is 54.2 Å². The van der Waals surface area contributed by atoms with Gasteiger partial charge in [-0.15, -0.1) is 0 Å². The Balaban J connectivity index is 1.48. The summed E-state index contributed by atoms with van der Waals surface area (Å²) in [6, 6.07) is 12.6. The second kappa shape index (κ2) is 8.28. The van der Waals surface area contributed by atoms with Crippen LogP contribution in [0.25, 0.3) is 0 Å². The van der Waals surface area contributed by atoms with Gasteiger partial charge in [-0.1, -0.05) is 18.2 Å². The molecule has 0 radical (unpaired) electrons. The highest BCUT2D eigenvalue weighted by molar-refractivity contribution is 5.99. The van der Waals surface area contributed by atoms with E-state index in [1.165, 1.54) is 19.3 Å². The highest BCUT2D eigenvalue weighted by Gasteiger charge is 2.12. The number of hydrogen-bond acceptors (Lipinski definition) is 4. The molecule has 0 spiro atoms. The minimum atomic E-state index is -0.281. The largest absolute Gasteiger partial charge is 0.357 e. The van der Waals surface area contributed by atoms with Gasteiger partial charge in [0, 0.05) is 18.7 Å². The second-order valence-electron chi connectivity index (χ2n) is 6.05. The number of amides is 2. The van der Waals surface area contributed by atoms with Crippen molar-refractivity contribution in [2.75, 3.05) is 29.9 Å². The standard InChI is InChI=1S/C19H22N4O2/c24-18(14-21-19(25)15-7-3-1-4-8-15)22-16-9-10-17(20-13-16)23-11-5-2-6-12-23/h1,3-4,7-10,13H,2,5-6,11-12,14H2,(H,21,25)(H,22,24). The molecule has 0 aliphatic carbocycles. The number of hydrogen-bond donors (Lipinski definition) is 2. The Labute approximate surface area is 147 Å². The zero-order valence-electron chi connectivity index (χ0n) is 14.1. The molecule has 0 saturated carbocycles. The Hall–Kier alpha value is -2.89. The molecule has 130 valence electrons. The fourth-order valence-corrected chi connectivity index (χ4v) is 2.83. The van der Waals surface area contributed by atoms with Gasteiger partial charge in [-0.25, -0.2) is 4.98 Å². The van der Waals surface area contributed by atoms with Crippen LogP contribution in [0.4, 0.5) is 11.5 Å². The average molecular weight is 338 g/mol. The van der Waals surface area contributed by atoms with Crippen molar-refractivity contribution in [2.45, 2.75) is 19.3 Å². The topological polar surface area (TPSA) is 74.3 Å². The Morgan fingerprint density at radius 2 is 1.76 bits per heavy atom. The summed E-state index contributed by atoms with van der Waals surface area (Å²) < 4.78 is 0. The van der Waals surface area contributed by atoms with Crippen LogP contribution >= 0.6 is 0 Å². The SMILES string of the molecule is O=C(CNC(=O)c1ccccc1)Nc1ccc(N2CCCCC2)nc1. The molecule has 6 nitrogen and oxygen atoms in total. The number of anilines is 2. The van der Waals surface area contributed by atoms with E-state index in [1.54, 1.807) is 30.5 Å². The lowest BCUT2D eigenvalue weighted by Gasteiger charge is -2.27. The smallest absolute Gasteiger partial charge is 0.251 e. The first kappa shape index (κ1) is 17.0. The molecule has 1 saturated heterocycles. The maximum absolute atomic E-state index is 12.0. The summed E-state index contributed by atoms with van der Waals surface area (Å²) in [5, 5.41) is 5.35. The lowest BCUT2D eigenvalue weighted by Crippen LogP contribution is -2.33. The number of carbonyl (C=O) groups is 2. The van der Waals surface area contributed by atoms with Crippen molar-refractivity contribution in [3.63, 3.8) is 0 Å². The van der Waals surface area contributed by atoms with Gasteiger partial charge in [-0.2, -0.15) is 0 Å². The summed E-state index contributed by atoms with van der Waals surface area (Å²) in [6.45, 7) is 1.98. The molecule has 1 aromatic heterocycles. The molecule has 25 heavy (non-hydrogen) atoms. The molecule has 6 heteroatoms. The Kier molecular flexibility index (Phi) is 5.61. The number of piperidine rings is 1. The van der Waals surface area contributed by atoms with E-state index >= 15 is 0 Å². The molecule has 1 aliphatic heterocycles. The van der Waals surface area contributed by atoms with Crippen LogP contribution < -0.4 is 15.5 Å². The minimum absolute atomic E-state index is 0.0817. The Bertz CT molecular complexity index is 710. The molecular weight excluding hydrogens is 316 g/mol. The fraction of sp³-hybridized carbons (Fsp3) is 0.316. The van der Waals surface area contributed by atoms with E-state index in [2.05, 4.69) is 20.5 Å². The molecule has 0 atom stereocenters. The molecule has 0 bridgehead atoms. The highest BCUT2D eigenvalue weighted by atomic mass is 16.2. The molecule has 2 heterocycles. The number of pyridine rings is 1. The monoisotopic (exact) mass is 338 g/mol. The molecule has 2 amide bonds. The van der Waals surface area contributed by atoms with Crippen LogP contribution in [0.5, 0.6) is 0 Å². The van der Waals surface area contributed by atoms with Gasteiger partial charge in [-0.3, -0.25) is 9.59 Å². The van der Waals surface area contributed by atoms with Crippen LogP contribution in [-0.2, 0) is 4.79 Å². The Morgan fingerprint density at radius 3 is 2.44 bits per heavy atom. The quantitative estimate of drug-likeness (QED) is 0.878. The molecular formula is C19H22N4O2. The van der Waals surface area contributed by atoms with Gasteiger partial charge in [0.05, 0.1) is 18.4 Å². The van der Waals surface area contributed by atoms with Crippen LogP contribution in [0.2, 0.25) is 0 Å². The number of benzene rings is 1. The molecule has 1 aliphatic rings. The van der Waals surface area contributed by atoms with Crippen LogP contribution in [0.3, 0.4) is 0 Å². The van der Waals surface area contributed by atoms with E-state index in [9.17, 15) is 9.59 Å². The van der Waals surface area contributed by atoms with Gasteiger partial charge in [0.2, 0.25) is 5.91 Å². The van der Waals surface area contributed by atoms with Gasteiger partial charge in [-0.05, 0) is 43.5 Å². The molecule has 1 fully saturated rings. The molecule has 2 aromatic rings. The first-order chi connectivity index (χ1) is 12.2. The van der Waals surface area contributed by atoms with Crippen molar-refractivity contribution < 1.29 is 9.59 Å². The third-order valence-corrected chi connectivity index (χ3v) is 4.16. The summed E-state index contributed by atoms with van der Waals surface area (Å²) in [5.41, 5.74) is 1.16. The number of carbonyl (C=O) groups excluding carboxylic acids is 2. The zero-order chi connectivity index (χ0) is 17.5. The van der Waals surface area contributed by atoms with E-state index in [-0.39, 0.29) is 18.4 Å². The van der Waals surface area contributed by atoms with Gasteiger partial charge < -0.3 is 15.5 Å². The van der Waals surface area contributed by atoms with Crippen LogP contribution in [0.1, 0.15) is 29.6 Å². The van der Waals surface area contributed by atoms with Crippen LogP contribution in [-0.4, -0.2) is 36.4 Å². The van der Waals surface area contributed by atoms with Crippen molar-refractivity contribution in [1.29, 1.82) is 0 Å². The van der Waals surface area contributed by atoms with Crippen molar-refractivity contribution in [3.8, 4) is 0 Å². The average Bonchev–Trinajstić information content (AvgIpc) is 2.68. The van der Waals surface area contributed by atoms with Crippen molar-refractivity contribution >= 4 is 23.3 Å². The van der Waals surface area contributed by atoms with E-state index in [0.717, 1.165) is 18.9 Å². The van der Waals surface area contributed by atoms with Gasteiger partial charge in [0.25, 0.3) is 5.91 Å². The number of nitrogens with one attached hydrogen (secondary N) is 2. The zero-order valence-corrected chi connectivity index (χ0v) is 14.1. The summed E-state index contributed by atoms with van der Waals surface area (Å²) in [4.78, 5) is 30.6. The normalized spacial score (nSPS) is 14.0. The van der Waals surface area contributed by atoms with Crippen molar-refractivity contribution in [2.24, 2.45) is 0 Å². The molecule has 1 aromatic carbocycles. The third kappa shape index (κ3) is 4.79. The van der Waals surface area contributed by atoms with Gasteiger partial charge >= 0.3 is 0 Å². The Morgan fingerprint density at radius 1 is 1.00 bits per heavy atom. The number of aromatic nitrogens is 1. The van der Waals surface area contributed by atoms with E-state index in [4.69, 9.17) is 0 Å². The van der Waals surface area contributed by atoms with Crippen LogP contribution in [0.15, 0.2) is 48.7 Å². The molecule has 0 unspecified atom stereocenters. The lowest BCUT2D eigenvalue weighted by atomic mass is 10.1. The van der Waals surface area contributed by atoms with Crippen LogP contribution in [0, 0.1) is 0 Å². The first-order valence-electron chi connectivity index (χ1n) is 8.56. The maximum Gasteiger partial charge on any atom is 0.251 e. The third-order valence-electron chi connectivity index (χ3n) is 4.16. The predicted octanol–water partition coefficient (Wildman–Crippen LogP) is 2.44. The second-order valence-corrected chi connectivity index (χ2v) is 6.05. The number of nitrogens with zero attached hydrogens (tertiary/aromatic N) is 2. The van der Waals surface area contributed by atoms with E-state index < -0.39 is 0 Å². The maximum atomic E-state index is 12.0. The summed E-state index contributed by atoms with van der Waals surface area (Å²) >= 11 is 0. The molecule has 2 N–H and O–H groups in total. The predicted molar refractivity (Wildman–Crippen MR) is 97.7 cm³/mol. The highest BCUT2D eigenvalue weighted by Crippen LogP contribution is 2.18. The van der Waals surface area contributed by atoms with E-state index in [1.807, 2.05) is 18.2 Å². The fourth-order valence-electron chi connectivity index (χ4n) is 2.83. The summed E-state index contributed by atoms with van der Waals surface area (Å²) in [5.74, 6) is 0.390. The van der Waals surface area contributed by atoms with Gasteiger partial charge in [0.1, 0.15) is 5.82 Å². The van der Waals surface area contributed by atoms with E-state index in [0.29, 0.717) is 11.3 Å². The number of rotatable bonds is 5. The summed E-state index contributed by atoms with van der Waals surface area (Å²) in [7, 11) is 0. The lowest BCUT2D eigenvalue weighted by molar-refractivity contribution is -0.115. The summed E-state index contributed by atoms with van der Waals surface area (Å²) in [6.07, 6.45) is 5.32. The molecule has 3 rings (SSSR count). The minimum Gasteiger partial charge on any atom is -0.357 e. The van der Waals surface area contributed by atoms with Crippen molar-refractivity contribution in [1.82, 2.24) is 10.3 Å².